The van der Waals surface area contributed by atoms with Crippen LogP contribution < -0.4 is 4.90 Å². The summed E-state index contributed by atoms with van der Waals surface area (Å²) in [5, 5.41) is 2.54. The number of benzene rings is 6. The number of nitrogens with zero attached hydrogens (tertiary/aromatic N) is 1. The average molecular weight is 626 g/mol. The minimum Gasteiger partial charge on any atom is -0.310 e. The van der Waals surface area contributed by atoms with Crippen molar-refractivity contribution >= 4 is 27.8 Å². The third-order valence-corrected chi connectivity index (χ3v) is 11.2. The third kappa shape index (κ3) is 5.16. The molecule has 1 heteroatoms. The highest BCUT2D eigenvalue weighted by Crippen LogP contribution is 2.52. The molecule has 6 aromatic carbocycles. The van der Waals surface area contributed by atoms with Crippen LogP contribution in [0.5, 0.6) is 0 Å². The molecule has 0 N–H and O–H groups in total. The van der Waals surface area contributed by atoms with Crippen LogP contribution in [0.2, 0.25) is 0 Å². The molecule has 0 saturated heterocycles. The summed E-state index contributed by atoms with van der Waals surface area (Å²) in [5.41, 5.74) is 14.5. The monoisotopic (exact) mass is 625 g/mol. The van der Waals surface area contributed by atoms with E-state index in [0.717, 1.165) is 0 Å². The van der Waals surface area contributed by atoms with Gasteiger partial charge in [0.2, 0.25) is 0 Å². The summed E-state index contributed by atoms with van der Waals surface area (Å²) >= 11 is 0. The highest BCUT2D eigenvalue weighted by Gasteiger charge is 2.36. The molecule has 8 rings (SSSR count). The van der Waals surface area contributed by atoms with Gasteiger partial charge in [-0.2, -0.15) is 0 Å². The summed E-state index contributed by atoms with van der Waals surface area (Å²) in [4.78, 5) is 2.53. The van der Waals surface area contributed by atoms with E-state index in [1.807, 2.05) is 0 Å². The summed E-state index contributed by atoms with van der Waals surface area (Å²) in [6, 6.07) is 48.3. The third-order valence-electron chi connectivity index (χ3n) is 11.2. The van der Waals surface area contributed by atoms with Gasteiger partial charge in [0.1, 0.15) is 0 Å². The van der Waals surface area contributed by atoms with Crippen molar-refractivity contribution in [2.24, 2.45) is 0 Å². The highest BCUT2D eigenvalue weighted by atomic mass is 15.1. The Balaban J connectivity index is 1.38. The van der Waals surface area contributed by atoms with Gasteiger partial charge in [-0.15, -0.1) is 0 Å². The molecule has 0 bridgehead atoms. The first-order valence-corrected chi connectivity index (χ1v) is 18.0. The molecular formula is C47H47N. The van der Waals surface area contributed by atoms with Crippen LogP contribution in [0.4, 0.5) is 17.1 Å². The summed E-state index contributed by atoms with van der Waals surface area (Å²) in [5.74, 6) is 0.676. The Morgan fingerprint density at radius 2 is 1.23 bits per heavy atom. The van der Waals surface area contributed by atoms with Gasteiger partial charge in [0.05, 0.1) is 5.69 Å². The van der Waals surface area contributed by atoms with Crippen LogP contribution in [0.25, 0.3) is 33.0 Å². The van der Waals surface area contributed by atoms with E-state index in [4.69, 9.17) is 0 Å². The van der Waals surface area contributed by atoms with Gasteiger partial charge < -0.3 is 4.90 Å². The molecule has 0 spiro atoms. The standard InChI is InChI=1S/C47H47N/c1-46(2,3)41-21-13-12-20-40(41)45-37-18-10-9-17-34(37)25-30-44(45)48(35-26-23-33(24-27-35)32-15-7-6-8-16-32)36-28-29-39-38-19-11-14-22-42(38)47(4,5)43(39)31-36/h9-14,17-32H,6-8,15-16H2,1-5H3. The minimum atomic E-state index is -0.0799. The fourth-order valence-electron chi connectivity index (χ4n) is 8.67. The molecule has 2 aliphatic carbocycles. The second-order valence-electron chi connectivity index (χ2n) is 15.6. The first-order valence-electron chi connectivity index (χ1n) is 18.0. The highest BCUT2D eigenvalue weighted by molar-refractivity contribution is 6.06. The van der Waals surface area contributed by atoms with Crippen LogP contribution in [0.15, 0.2) is 127 Å². The van der Waals surface area contributed by atoms with Crippen LogP contribution in [0.1, 0.15) is 94.9 Å². The zero-order valence-corrected chi connectivity index (χ0v) is 29.2. The fraction of sp³-hybridized carbons (Fsp3) is 0.277. The lowest BCUT2D eigenvalue weighted by atomic mass is 9.80. The van der Waals surface area contributed by atoms with Crippen LogP contribution in [-0.2, 0) is 10.8 Å². The van der Waals surface area contributed by atoms with E-state index >= 15 is 0 Å². The van der Waals surface area contributed by atoms with Crippen molar-refractivity contribution in [1.82, 2.24) is 0 Å². The molecule has 0 radical (unpaired) electrons. The number of rotatable bonds is 5. The van der Waals surface area contributed by atoms with Crippen molar-refractivity contribution in [3.8, 4) is 22.3 Å². The number of fused-ring (bicyclic) bond motifs is 4. The lowest BCUT2D eigenvalue weighted by Gasteiger charge is -2.32. The zero-order chi connectivity index (χ0) is 33.0. The van der Waals surface area contributed by atoms with Crippen molar-refractivity contribution in [2.45, 2.75) is 83.5 Å². The van der Waals surface area contributed by atoms with Gasteiger partial charge in [0, 0.05) is 22.4 Å². The van der Waals surface area contributed by atoms with E-state index in [1.54, 1.807) is 0 Å². The second kappa shape index (κ2) is 11.8. The normalized spacial score (nSPS) is 15.7. The van der Waals surface area contributed by atoms with Crippen molar-refractivity contribution < 1.29 is 0 Å². The van der Waals surface area contributed by atoms with Crippen molar-refractivity contribution in [1.29, 1.82) is 0 Å². The first kappa shape index (κ1) is 30.7. The van der Waals surface area contributed by atoms with Gasteiger partial charge >= 0.3 is 0 Å². The topological polar surface area (TPSA) is 3.24 Å². The van der Waals surface area contributed by atoms with Crippen molar-refractivity contribution in [3.63, 3.8) is 0 Å². The first-order chi connectivity index (χ1) is 23.2. The smallest absolute Gasteiger partial charge is 0.0546 e. The minimum absolute atomic E-state index is 0.0132. The Bertz CT molecular complexity index is 2120. The van der Waals surface area contributed by atoms with Crippen molar-refractivity contribution in [3.05, 3.63) is 150 Å². The molecule has 0 aromatic heterocycles. The molecule has 6 aromatic rings. The van der Waals surface area contributed by atoms with Crippen LogP contribution >= 0.6 is 0 Å². The summed E-state index contributed by atoms with van der Waals surface area (Å²) in [6.07, 6.45) is 6.69. The molecule has 0 heterocycles. The number of hydrogen-bond donors (Lipinski definition) is 0. The lowest BCUT2D eigenvalue weighted by Crippen LogP contribution is -2.17. The Morgan fingerprint density at radius 1 is 0.583 bits per heavy atom. The van der Waals surface area contributed by atoms with E-state index in [9.17, 15) is 0 Å². The average Bonchev–Trinajstić information content (AvgIpc) is 3.34. The van der Waals surface area contributed by atoms with E-state index in [-0.39, 0.29) is 10.8 Å². The zero-order valence-electron chi connectivity index (χ0n) is 29.2. The van der Waals surface area contributed by atoms with Crippen LogP contribution in [0, 0.1) is 0 Å². The van der Waals surface area contributed by atoms with E-state index < -0.39 is 0 Å². The Morgan fingerprint density at radius 3 is 2.00 bits per heavy atom. The number of hydrogen-bond acceptors (Lipinski definition) is 1. The van der Waals surface area contributed by atoms with Gasteiger partial charge in [-0.05, 0) is 104 Å². The summed E-state index contributed by atoms with van der Waals surface area (Å²) < 4.78 is 0. The molecular weight excluding hydrogens is 579 g/mol. The van der Waals surface area contributed by atoms with Gasteiger partial charge in [0.25, 0.3) is 0 Å². The second-order valence-corrected chi connectivity index (χ2v) is 15.6. The fourth-order valence-corrected chi connectivity index (χ4v) is 8.67. The maximum absolute atomic E-state index is 2.53. The molecule has 0 atom stereocenters. The molecule has 0 aliphatic heterocycles. The predicted molar refractivity (Wildman–Crippen MR) is 206 cm³/mol. The molecule has 0 amide bonds. The Hall–Kier alpha value is -4.62. The van der Waals surface area contributed by atoms with Crippen molar-refractivity contribution in [2.75, 3.05) is 4.90 Å². The molecule has 1 saturated carbocycles. The lowest BCUT2D eigenvalue weighted by molar-refractivity contribution is 0.443. The van der Waals surface area contributed by atoms with Gasteiger partial charge in [-0.3, -0.25) is 0 Å². The molecule has 48 heavy (non-hydrogen) atoms. The molecule has 1 nitrogen and oxygen atoms in total. The van der Waals surface area contributed by atoms with Crippen LogP contribution in [0.3, 0.4) is 0 Å². The van der Waals surface area contributed by atoms with Gasteiger partial charge in [-0.1, -0.05) is 151 Å². The molecule has 0 unspecified atom stereocenters. The molecule has 2 aliphatic rings. The summed E-state index contributed by atoms with van der Waals surface area (Å²) in [6.45, 7) is 11.8. The molecule has 1 fully saturated rings. The SMILES string of the molecule is CC(C)(C)c1ccccc1-c1c(N(c2ccc(C3CCCCC3)cc2)c2ccc3c(c2)C(C)(C)c2ccccc2-3)ccc2ccccc12. The predicted octanol–water partition coefficient (Wildman–Crippen LogP) is 13.6. The molecule has 240 valence electrons. The Labute approximate surface area is 287 Å². The summed E-state index contributed by atoms with van der Waals surface area (Å²) in [7, 11) is 0. The maximum Gasteiger partial charge on any atom is 0.0546 e. The van der Waals surface area contributed by atoms with Crippen LogP contribution in [-0.4, -0.2) is 0 Å². The number of anilines is 3. The van der Waals surface area contributed by atoms with E-state index in [1.165, 1.54) is 104 Å². The van der Waals surface area contributed by atoms with E-state index in [0.29, 0.717) is 5.92 Å². The maximum atomic E-state index is 2.53. The van der Waals surface area contributed by atoms with Gasteiger partial charge in [0.15, 0.2) is 0 Å². The quantitative estimate of drug-likeness (QED) is 0.184. The van der Waals surface area contributed by atoms with E-state index in [2.05, 4.69) is 167 Å². The Kier molecular flexibility index (Phi) is 7.55. The van der Waals surface area contributed by atoms with Gasteiger partial charge in [-0.25, -0.2) is 0 Å². The largest absolute Gasteiger partial charge is 0.310 e.